The highest BCUT2D eigenvalue weighted by atomic mass is 32.1. The summed E-state index contributed by atoms with van der Waals surface area (Å²) in [5.41, 5.74) is -0.839. The Balaban J connectivity index is 2.02. The fourth-order valence-electron chi connectivity index (χ4n) is 1.63. The van der Waals surface area contributed by atoms with E-state index < -0.39 is 11.9 Å². The molecule has 0 unspecified atom stereocenters. The van der Waals surface area contributed by atoms with Crippen LogP contribution in [0.4, 0.5) is 18.3 Å². The quantitative estimate of drug-likeness (QED) is 0.832. The van der Waals surface area contributed by atoms with E-state index >= 15 is 0 Å². The van der Waals surface area contributed by atoms with Crippen molar-refractivity contribution in [3.05, 3.63) is 21.9 Å². The molecule has 9 heteroatoms. The average Bonchev–Trinajstić information content (AvgIpc) is 2.96. The Labute approximate surface area is 128 Å². The molecule has 0 fully saturated rings. The molecule has 0 amide bonds. The number of halogens is 3. The van der Waals surface area contributed by atoms with Crippen LogP contribution in [0.2, 0.25) is 0 Å². The normalized spacial score (nSPS) is 12.1. The molecular formula is C12H15F3N4S2. The minimum absolute atomic E-state index is 0.289. The predicted octanol–water partition coefficient (Wildman–Crippen LogP) is 3.85. The van der Waals surface area contributed by atoms with Crippen molar-refractivity contribution in [1.82, 2.24) is 14.3 Å². The molecule has 2 aromatic heterocycles. The third-order valence-electron chi connectivity index (χ3n) is 2.59. The molecule has 116 valence electrons. The molecule has 2 heterocycles. The summed E-state index contributed by atoms with van der Waals surface area (Å²) >= 11 is 2.25. The number of aromatic nitrogens is 3. The van der Waals surface area contributed by atoms with Gasteiger partial charge in [0.2, 0.25) is 5.13 Å². The van der Waals surface area contributed by atoms with Crippen molar-refractivity contribution in [2.75, 3.05) is 11.9 Å². The molecule has 0 spiro atoms. The maximum absolute atomic E-state index is 12.5. The van der Waals surface area contributed by atoms with Crippen LogP contribution in [0.15, 0.2) is 5.38 Å². The van der Waals surface area contributed by atoms with Crippen LogP contribution in [0.25, 0.3) is 0 Å². The number of alkyl halides is 3. The number of thiazole rings is 1. The van der Waals surface area contributed by atoms with Gasteiger partial charge in [-0.25, -0.2) is 9.97 Å². The van der Waals surface area contributed by atoms with E-state index in [0.29, 0.717) is 16.1 Å². The minimum Gasteiger partial charge on any atom is -0.343 e. The lowest BCUT2D eigenvalue weighted by Crippen LogP contribution is -2.16. The summed E-state index contributed by atoms with van der Waals surface area (Å²) in [7, 11) is 1.77. The van der Waals surface area contributed by atoms with Crippen LogP contribution >= 0.6 is 22.9 Å². The highest BCUT2D eigenvalue weighted by Crippen LogP contribution is 2.30. The first kappa shape index (κ1) is 16.2. The van der Waals surface area contributed by atoms with E-state index in [9.17, 15) is 13.2 Å². The zero-order chi connectivity index (χ0) is 15.6. The molecule has 0 atom stereocenters. The summed E-state index contributed by atoms with van der Waals surface area (Å²) in [6.07, 6.45) is -3.60. The average molecular weight is 336 g/mol. The smallest absolute Gasteiger partial charge is 0.343 e. The highest BCUT2D eigenvalue weighted by molar-refractivity contribution is 7.10. The standard InChI is InChI=1S/C12H15F3N4S2/c1-7(2)4-9-17-11(21-18-9)19(3)5-10-16-8(6-20-10)12(13,14)15/h6-7H,4-5H2,1-3H3. The Morgan fingerprint density at radius 1 is 1.29 bits per heavy atom. The van der Waals surface area contributed by atoms with Crippen LogP contribution in [0.5, 0.6) is 0 Å². The number of hydrogen-bond donors (Lipinski definition) is 0. The molecule has 0 saturated carbocycles. The second-order valence-electron chi connectivity index (χ2n) is 5.07. The summed E-state index contributed by atoms with van der Waals surface area (Å²) in [6.45, 7) is 4.45. The van der Waals surface area contributed by atoms with E-state index in [2.05, 4.69) is 28.2 Å². The van der Waals surface area contributed by atoms with Gasteiger partial charge >= 0.3 is 6.18 Å². The van der Waals surface area contributed by atoms with Crippen LogP contribution in [-0.2, 0) is 19.1 Å². The lowest BCUT2D eigenvalue weighted by molar-refractivity contribution is -0.140. The van der Waals surface area contributed by atoms with Gasteiger partial charge in [-0.2, -0.15) is 17.5 Å². The molecule has 0 bridgehead atoms. The fourth-order valence-corrected chi connectivity index (χ4v) is 3.14. The van der Waals surface area contributed by atoms with E-state index in [1.54, 1.807) is 11.9 Å². The molecular weight excluding hydrogens is 321 g/mol. The molecule has 0 aliphatic heterocycles. The topological polar surface area (TPSA) is 41.9 Å². The number of anilines is 1. The SMILES string of the molecule is CC(C)Cc1nsc(N(C)Cc2nc(C(F)(F)F)cs2)n1. The summed E-state index contributed by atoms with van der Waals surface area (Å²) in [6, 6.07) is 0. The summed E-state index contributed by atoms with van der Waals surface area (Å²) < 4.78 is 41.7. The molecule has 0 aliphatic rings. The summed E-state index contributed by atoms with van der Waals surface area (Å²) in [5, 5.41) is 2.13. The Hall–Kier alpha value is -1.22. The van der Waals surface area contributed by atoms with Gasteiger partial charge in [0, 0.05) is 30.4 Å². The molecule has 21 heavy (non-hydrogen) atoms. The van der Waals surface area contributed by atoms with Crippen molar-refractivity contribution in [2.45, 2.75) is 33.0 Å². The molecule has 4 nitrogen and oxygen atoms in total. The van der Waals surface area contributed by atoms with E-state index in [1.807, 2.05) is 0 Å². The van der Waals surface area contributed by atoms with Gasteiger partial charge in [-0.05, 0) is 5.92 Å². The molecule has 2 aromatic rings. The Bertz CT molecular complexity index is 591. The molecule has 2 rings (SSSR count). The number of rotatable bonds is 5. The first-order valence-corrected chi connectivity index (χ1v) is 7.96. The van der Waals surface area contributed by atoms with Gasteiger partial charge in [-0.15, -0.1) is 11.3 Å². The van der Waals surface area contributed by atoms with Gasteiger partial charge < -0.3 is 4.90 Å². The van der Waals surface area contributed by atoms with E-state index in [4.69, 9.17) is 0 Å². The maximum atomic E-state index is 12.5. The minimum atomic E-state index is -4.39. The second-order valence-corrected chi connectivity index (χ2v) is 6.74. The van der Waals surface area contributed by atoms with Gasteiger partial charge in [-0.3, -0.25) is 0 Å². The van der Waals surface area contributed by atoms with Crippen molar-refractivity contribution in [1.29, 1.82) is 0 Å². The largest absolute Gasteiger partial charge is 0.434 e. The maximum Gasteiger partial charge on any atom is 0.434 e. The Morgan fingerprint density at radius 3 is 2.57 bits per heavy atom. The summed E-state index contributed by atoms with van der Waals surface area (Å²) in [4.78, 5) is 9.76. The van der Waals surface area contributed by atoms with Crippen LogP contribution in [0.1, 0.15) is 30.4 Å². The van der Waals surface area contributed by atoms with Crippen molar-refractivity contribution in [3.63, 3.8) is 0 Å². The number of hydrogen-bond acceptors (Lipinski definition) is 6. The van der Waals surface area contributed by atoms with Gasteiger partial charge in [0.25, 0.3) is 0 Å². The second kappa shape index (κ2) is 6.27. The molecule has 0 saturated heterocycles. The fraction of sp³-hybridized carbons (Fsp3) is 0.583. The number of nitrogens with zero attached hydrogens (tertiary/aromatic N) is 4. The predicted molar refractivity (Wildman–Crippen MR) is 77.7 cm³/mol. The Kier molecular flexibility index (Phi) is 4.82. The lowest BCUT2D eigenvalue weighted by atomic mass is 10.1. The van der Waals surface area contributed by atoms with Crippen LogP contribution in [-0.4, -0.2) is 21.4 Å². The molecule has 0 radical (unpaired) electrons. The monoisotopic (exact) mass is 336 g/mol. The van der Waals surface area contributed by atoms with Crippen LogP contribution < -0.4 is 4.90 Å². The summed E-state index contributed by atoms with van der Waals surface area (Å²) in [5.74, 6) is 1.23. The van der Waals surface area contributed by atoms with E-state index in [1.165, 1.54) is 11.5 Å². The van der Waals surface area contributed by atoms with Gasteiger partial charge in [-0.1, -0.05) is 13.8 Å². The molecule has 0 aromatic carbocycles. The van der Waals surface area contributed by atoms with E-state index in [-0.39, 0.29) is 6.54 Å². The van der Waals surface area contributed by atoms with Crippen LogP contribution in [0, 0.1) is 5.92 Å². The van der Waals surface area contributed by atoms with Gasteiger partial charge in [0.1, 0.15) is 10.8 Å². The highest BCUT2D eigenvalue weighted by Gasteiger charge is 2.33. The van der Waals surface area contributed by atoms with Crippen molar-refractivity contribution < 1.29 is 13.2 Å². The van der Waals surface area contributed by atoms with Crippen molar-refractivity contribution in [2.24, 2.45) is 5.92 Å². The zero-order valence-corrected chi connectivity index (χ0v) is 13.4. The van der Waals surface area contributed by atoms with Gasteiger partial charge in [0.15, 0.2) is 5.69 Å². The third kappa shape index (κ3) is 4.37. The molecule has 0 N–H and O–H groups in total. The zero-order valence-electron chi connectivity index (χ0n) is 11.8. The van der Waals surface area contributed by atoms with Crippen molar-refractivity contribution >= 4 is 28.0 Å². The first-order chi connectivity index (χ1) is 9.75. The third-order valence-corrected chi connectivity index (χ3v) is 4.29. The van der Waals surface area contributed by atoms with E-state index in [0.717, 1.165) is 29.0 Å². The van der Waals surface area contributed by atoms with Gasteiger partial charge in [0.05, 0.1) is 6.54 Å². The van der Waals surface area contributed by atoms with Crippen LogP contribution in [0.3, 0.4) is 0 Å². The lowest BCUT2D eigenvalue weighted by Gasteiger charge is -2.12. The Morgan fingerprint density at radius 2 is 2.00 bits per heavy atom. The molecule has 0 aliphatic carbocycles. The van der Waals surface area contributed by atoms with Crippen molar-refractivity contribution in [3.8, 4) is 0 Å². The first-order valence-electron chi connectivity index (χ1n) is 6.31.